The molecule has 2 aromatic carbocycles. The number of aromatic nitrogens is 3. The van der Waals surface area contributed by atoms with Crippen LogP contribution < -0.4 is 14.8 Å². The fraction of sp³-hybridized carbons (Fsp3) is 0.0952. The van der Waals surface area contributed by atoms with Crippen molar-refractivity contribution in [3.8, 4) is 22.8 Å². The van der Waals surface area contributed by atoms with E-state index in [0.29, 0.717) is 28.5 Å². The molecule has 0 unspecified atom stereocenters. The molecule has 0 fully saturated rings. The Kier molecular flexibility index (Phi) is 3.72. The Balaban J connectivity index is 1.46. The Morgan fingerprint density at radius 1 is 1.04 bits per heavy atom. The summed E-state index contributed by atoms with van der Waals surface area (Å²) in [5.41, 5.74) is 4.27. The molecule has 0 radical (unpaired) electrons. The third-order valence-electron chi connectivity index (χ3n) is 4.54. The lowest BCUT2D eigenvalue weighted by Gasteiger charge is -2.04. The van der Waals surface area contributed by atoms with Crippen molar-refractivity contribution in [2.45, 2.75) is 6.92 Å². The van der Waals surface area contributed by atoms with Crippen molar-refractivity contribution in [3.05, 3.63) is 72.1 Å². The van der Waals surface area contributed by atoms with Gasteiger partial charge in [0.15, 0.2) is 22.8 Å². The van der Waals surface area contributed by atoms with Gasteiger partial charge in [-0.25, -0.2) is 9.50 Å². The number of rotatable bonds is 3. The number of nitrogens with zero attached hydrogens (tertiary/aromatic N) is 3. The number of carbonyl (C=O) groups is 1. The highest BCUT2D eigenvalue weighted by atomic mass is 16.7. The van der Waals surface area contributed by atoms with Gasteiger partial charge in [-0.3, -0.25) is 4.79 Å². The predicted molar refractivity (Wildman–Crippen MR) is 104 cm³/mol. The lowest BCUT2D eigenvalue weighted by molar-refractivity contribution is 0.102. The van der Waals surface area contributed by atoms with Gasteiger partial charge in [-0.05, 0) is 25.1 Å². The molecule has 4 aromatic rings. The third kappa shape index (κ3) is 2.83. The van der Waals surface area contributed by atoms with Crippen LogP contribution in [0.3, 0.4) is 0 Å². The summed E-state index contributed by atoms with van der Waals surface area (Å²) in [7, 11) is 0. The quantitative estimate of drug-likeness (QED) is 0.593. The minimum absolute atomic E-state index is 0.188. The fourth-order valence-electron chi connectivity index (χ4n) is 3.16. The van der Waals surface area contributed by atoms with Crippen LogP contribution in [0, 0.1) is 6.92 Å². The van der Waals surface area contributed by atoms with Crippen molar-refractivity contribution in [1.29, 1.82) is 0 Å². The first kappa shape index (κ1) is 16.3. The molecule has 0 saturated heterocycles. The molecule has 138 valence electrons. The zero-order valence-corrected chi connectivity index (χ0v) is 15.0. The molecular weight excluding hydrogens is 356 g/mol. The summed E-state index contributed by atoms with van der Waals surface area (Å²) in [6, 6.07) is 18.8. The van der Waals surface area contributed by atoms with Gasteiger partial charge >= 0.3 is 0 Å². The van der Waals surface area contributed by atoms with Gasteiger partial charge in [-0.15, -0.1) is 0 Å². The van der Waals surface area contributed by atoms with Crippen LogP contribution in [-0.2, 0) is 0 Å². The summed E-state index contributed by atoms with van der Waals surface area (Å²) in [4.78, 5) is 17.3. The Hall–Kier alpha value is -3.87. The van der Waals surface area contributed by atoms with Crippen molar-refractivity contribution >= 4 is 17.2 Å². The summed E-state index contributed by atoms with van der Waals surface area (Å²) in [6.45, 7) is 2.13. The summed E-state index contributed by atoms with van der Waals surface area (Å²) in [5, 5.41) is 7.24. The normalized spacial score (nSPS) is 12.3. The van der Waals surface area contributed by atoms with Gasteiger partial charge in [-0.1, -0.05) is 30.3 Å². The van der Waals surface area contributed by atoms with Crippen LogP contribution in [0.1, 0.15) is 16.2 Å². The zero-order chi connectivity index (χ0) is 19.1. The highest BCUT2D eigenvalue weighted by Gasteiger charge is 2.17. The summed E-state index contributed by atoms with van der Waals surface area (Å²) >= 11 is 0. The van der Waals surface area contributed by atoms with Gasteiger partial charge in [0, 0.05) is 29.1 Å². The maximum absolute atomic E-state index is 12.7. The number of fused-ring (bicyclic) bond motifs is 2. The van der Waals surface area contributed by atoms with E-state index in [1.54, 1.807) is 28.8 Å². The molecule has 28 heavy (non-hydrogen) atoms. The molecule has 1 amide bonds. The minimum atomic E-state index is -0.315. The van der Waals surface area contributed by atoms with Gasteiger partial charge in [0.1, 0.15) is 0 Å². The average Bonchev–Trinajstić information content (AvgIpc) is 3.35. The molecule has 3 heterocycles. The Morgan fingerprint density at radius 3 is 2.71 bits per heavy atom. The number of aryl methyl sites for hydroxylation is 1. The average molecular weight is 372 g/mol. The first-order valence-corrected chi connectivity index (χ1v) is 8.81. The van der Waals surface area contributed by atoms with Crippen LogP contribution in [-0.4, -0.2) is 27.3 Å². The number of benzene rings is 2. The second-order valence-corrected chi connectivity index (χ2v) is 6.47. The number of ether oxygens (including phenoxy) is 2. The van der Waals surface area contributed by atoms with E-state index in [0.717, 1.165) is 17.0 Å². The second-order valence-electron chi connectivity index (χ2n) is 6.47. The van der Waals surface area contributed by atoms with Crippen molar-refractivity contribution in [2.75, 3.05) is 12.1 Å². The van der Waals surface area contributed by atoms with Crippen molar-refractivity contribution in [2.24, 2.45) is 0 Å². The molecule has 7 heteroatoms. The van der Waals surface area contributed by atoms with E-state index < -0.39 is 0 Å². The monoisotopic (exact) mass is 372 g/mol. The Labute approximate surface area is 160 Å². The highest BCUT2D eigenvalue weighted by Crippen LogP contribution is 2.34. The predicted octanol–water partition coefficient (Wildman–Crippen LogP) is 3.69. The topological polar surface area (TPSA) is 77.8 Å². The van der Waals surface area contributed by atoms with E-state index in [-0.39, 0.29) is 12.7 Å². The van der Waals surface area contributed by atoms with Crippen LogP contribution in [0.5, 0.6) is 11.5 Å². The van der Waals surface area contributed by atoms with Crippen molar-refractivity contribution in [3.63, 3.8) is 0 Å². The van der Waals surface area contributed by atoms with E-state index in [2.05, 4.69) is 15.4 Å². The van der Waals surface area contributed by atoms with Gasteiger partial charge in [-0.2, -0.15) is 5.10 Å². The summed E-state index contributed by atoms with van der Waals surface area (Å²) < 4.78 is 12.3. The second kappa shape index (κ2) is 6.38. The van der Waals surface area contributed by atoms with Crippen LogP contribution in [0.4, 0.5) is 5.69 Å². The lowest BCUT2D eigenvalue weighted by Crippen LogP contribution is -2.12. The van der Waals surface area contributed by atoms with Crippen LogP contribution >= 0.6 is 0 Å². The number of nitrogens with one attached hydrogen (secondary N) is 1. The van der Waals surface area contributed by atoms with Crippen LogP contribution in [0.15, 0.2) is 60.7 Å². The van der Waals surface area contributed by atoms with Crippen LogP contribution in [0.2, 0.25) is 0 Å². The first-order valence-electron chi connectivity index (χ1n) is 8.81. The van der Waals surface area contributed by atoms with Gasteiger partial charge < -0.3 is 14.8 Å². The SMILES string of the molecule is Cc1cc(-c2ccccc2)nc2cc(C(=O)Nc3ccc4c(c3)OCO4)nn12. The molecule has 0 bridgehead atoms. The molecule has 2 aromatic heterocycles. The van der Waals surface area contributed by atoms with E-state index in [4.69, 9.17) is 9.47 Å². The molecule has 0 saturated carbocycles. The van der Waals surface area contributed by atoms with E-state index in [9.17, 15) is 4.79 Å². The summed E-state index contributed by atoms with van der Waals surface area (Å²) in [5.74, 6) is 0.960. The molecule has 1 aliphatic heterocycles. The highest BCUT2D eigenvalue weighted by molar-refractivity contribution is 6.03. The maximum atomic E-state index is 12.7. The molecule has 1 aliphatic rings. The van der Waals surface area contributed by atoms with E-state index >= 15 is 0 Å². The van der Waals surface area contributed by atoms with Crippen LogP contribution in [0.25, 0.3) is 16.9 Å². The Bertz CT molecular complexity index is 1200. The van der Waals surface area contributed by atoms with E-state index in [1.807, 2.05) is 43.3 Å². The number of carbonyl (C=O) groups excluding carboxylic acids is 1. The van der Waals surface area contributed by atoms with Gasteiger partial charge in [0.25, 0.3) is 5.91 Å². The zero-order valence-electron chi connectivity index (χ0n) is 15.0. The molecule has 0 aliphatic carbocycles. The minimum Gasteiger partial charge on any atom is -0.454 e. The molecule has 7 nitrogen and oxygen atoms in total. The fourth-order valence-corrected chi connectivity index (χ4v) is 3.16. The molecule has 0 spiro atoms. The number of anilines is 1. The largest absolute Gasteiger partial charge is 0.454 e. The smallest absolute Gasteiger partial charge is 0.276 e. The van der Waals surface area contributed by atoms with Gasteiger partial charge in [0.05, 0.1) is 5.69 Å². The number of hydrogen-bond acceptors (Lipinski definition) is 5. The first-order chi connectivity index (χ1) is 13.7. The lowest BCUT2D eigenvalue weighted by atomic mass is 10.1. The number of amides is 1. The van der Waals surface area contributed by atoms with E-state index in [1.165, 1.54) is 0 Å². The van der Waals surface area contributed by atoms with Crippen molar-refractivity contribution < 1.29 is 14.3 Å². The van der Waals surface area contributed by atoms with Gasteiger partial charge in [0.2, 0.25) is 6.79 Å². The summed E-state index contributed by atoms with van der Waals surface area (Å²) in [6.07, 6.45) is 0. The maximum Gasteiger partial charge on any atom is 0.276 e. The standard InChI is InChI=1S/C21H16N4O3/c1-13-9-16(14-5-3-2-4-6-14)23-20-11-17(24-25(13)20)21(26)22-15-7-8-18-19(10-15)28-12-27-18/h2-11H,12H2,1H3,(H,22,26). The molecule has 5 rings (SSSR count). The number of hydrogen-bond donors (Lipinski definition) is 1. The molecular formula is C21H16N4O3. The molecule has 0 atom stereocenters. The third-order valence-corrected chi connectivity index (χ3v) is 4.54. The Morgan fingerprint density at radius 2 is 1.86 bits per heavy atom. The van der Waals surface area contributed by atoms with Crippen molar-refractivity contribution in [1.82, 2.24) is 14.6 Å². The molecule has 1 N–H and O–H groups in total.